The smallest absolute Gasteiger partial charge is 0.305 e. The fourth-order valence-electron chi connectivity index (χ4n) is 3.99. The molecule has 0 spiro atoms. The Labute approximate surface area is 197 Å². The topological polar surface area (TPSA) is 75.7 Å². The van der Waals surface area contributed by atoms with Crippen molar-refractivity contribution in [3.8, 4) is 0 Å². The lowest BCUT2D eigenvalue weighted by Gasteiger charge is -2.30. The standard InChI is InChI=1S/C24H26Cl2N2O4/c1-3-4-7-14-28-20-9-6-5-8-17(20)24(23(28)31,13-12-21(29)32-2)27-22(30)16-10-11-18(25)19(26)15-16/h5-6,8-11,15H,3-4,7,12-14H2,1-2H3,(H,27,30). The van der Waals surface area contributed by atoms with Crippen LogP contribution in [-0.2, 0) is 19.9 Å². The van der Waals surface area contributed by atoms with E-state index in [1.54, 1.807) is 11.0 Å². The molecule has 170 valence electrons. The maximum absolute atomic E-state index is 13.8. The molecular formula is C24H26Cl2N2O4. The van der Waals surface area contributed by atoms with Gasteiger partial charge < -0.3 is 15.0 Å². The minimum atomic E-state index is -1.39. The van der Waals surface area contributed by atoms with Crippen LogP contribution in [0.15, 0.2) is 42.5 Å². The molecule has 2 aromatic carbocycles. The minimum Gasteiger partial charge on any atom is -0.469 e. The van der Waals surface area contributed by atoms with Crippen molar-refractivity contribution in [2.24, 2.45) is 0 Å². The number of unbranched alkanes of at least 4 members (excludes halogenated alkanes) is 2. The van der Waals surface area contributed by atoms with Crippen molar-refractivity contribution < 1.29 is 19.1 Å². The summed E-state index contributed by atoms with van der Waals surface area (Å²) in [5.74, 6) is -1.19. The number of carbonyl (C=O) groups is 3. The molecule has 32 heavy (non-hydrogen) atoms. The summed E-state index contributed by atoms with van der Waals surface area (Å²) < 4.78 is 4.79. The molecule has 0 bridgehead atoms. The van der Waals surface area contributed by atoms with Gasteiger partial charge in [-0.05, 0) is 37.1 Å². The lowest BCUT2D eigenvalue weighted by Crippen LogP contribution is -2.53. The molecule has 6 nitrogen and oxygen atoms in total. The molecule has 1 unspecified atom stereocenters. The van der Waals surface area contributed by atoms with Crippen molar-refractivity contribution in [2.75, 3.05) is 18.6 Å². The number of esters is 1. The van der Waals surface area contributed by atoms with Gasteiger partial charge in [-0.15, -0.1) is 0 Å². The minimum absolute atomic E-state index is 0.0268. The number of hydrogen-bond acceptors (Lipinski definition) is 4. The molecule has 0 aliphatic carbocycles. The Morgan fingerprint density at radius 1 is 1.09 bits per heavy atom. The van der Waals surface area contributed by atoms with Gasteiger partial charge in [-0.25, -0.2) is 0 Å². The molecule has 1 N–H and O–H groups in total. The van der Waals surface area contributed by atoms with Crippen LogP contribution in [0.25, 0.3) is 0 Å². The molecule has 0 fully saturated rings. The van der Waals surface area contributed by atoms with Gasteiger partial charge >= 0.3 is 5.97 Å². The molecule has 0 saturated heterocycles. The van der Waals surface area contributed by atoms with Crippen LogP contribution < -0.4 is 10.2 Å². The molecule has 0 aromatic heterocycles. The number of ether oxygens (including phenoxy) is 1. The van der Waals surface area contributed by atoms with Crippen LogP contribution in [0.3, 0.4) is 0 Å². The summed E-state index contributed by atoms with van der Waals surface area (Å²) in [6.45, 7) is 2.63. The Morgan fingerprint density at radius 3 is 2.53 bits per heavy atom. The second kappa shape index (κ2) is 10.4. The fourth-order valence-corrected chi connectivity index (χ4v) is 4.28. The Hall–Kier alpha value is -2.57. The van der Waals surface area contributed by atoms with Crippen molar-refractivity contribution in [2.45, 2.75) is 44.6 Å². The SMILES string of the molecule is CCCCCN1C(=O)C(CCC(=O)OC)(NC(=O)c2ccc(Cl)c(Cl)c2)c2ccccc21. The highest BCUT2D eigenvalue weighted by molar-refractivity contribution is 6.42. The number of para-hydroxylation sites is 1. The van der Waals surface area contributed by atoms with E-state index in [4.69, 9.17) is 27.9 Å². The summed E-state index contributed by atoms with van der Waals surface area (Å²) >= 11 is 12.1. The van der Waals surface area contributed by atoms with Crippen molar-refractivity contribution in [1.29, 1.82) is 0 Å². The largest absolute Gasteiger partial charge is 0.469 e. The first-order chi connectivity index (χ1) is 15.3. The van der Waals surface area contributed by atoms with E-state index in [0.717, 1.165) is 24.9 Å². The van der Waals surface area contributed by atoms with Crippen molar-refractivity contribution >= 4 is 46.7 Å². The van der Waals surface area contributed by atoms with Crippen LogP contribution >= 0.6 is 23.2 Å². The van der Waals surface area contributed by atoms with E-state index in [9.17, 15) is 14.4 Å². The normalized spacial score (nSPS) is 17.2. The first-order valence-corrected chi connectivity index (χ1v) is 11.4. The molecule has 1 aliphatic rings. The van der Waals surface area contributed by atoms with E-state index in [1.165, 1.54) is 19.2 Å². The zero-order valence-electron chi connectivity index (χ0n) is 18.1. The quantitative estimate of drug-likeness (QED) is 0.403. The van der Waals surface area contributed by atoms with Gasteiger partial charge in [-0.1, -0.05) is 61.2 Å². The second-order valence-corrected chi connectivity index (χ2v) is 8.56. The fraction of sp³-hybridized carbons (Fsp3) is 0.375. The summed E-state index contributed by atoms with van der Waals surface area (Å²) in [5, 5.41) is 3.49. The maximum Gasteiger partial charge on any atom is 0.305 e. The van der Waals surface area contributed by atoms with Crippen LogP contribution in [0.2, 0.25) is 10.0 Å². The molecule has 1 atom stereocenters. The van der Waals surface area contributed by atoms with E-state index >= 15 is 0 Å². The van der Waals surface area contributed by atoms with Crippen molar-refractivity contribution in [1.82, 2.24) is 5.32 Å². The van der Waals surface area contributed by atoms with Crippen LogP contribution in [0.4, 0.5) is 5.69 Å². The van der Waals surface area contributed by atoms with Gasteiger partial charge in [0.1, 0.15) is 5.54 Å². The number of nitrogens with one attached hydrogen (secondary N) is 1. The molecule has 2 aromatic rings. The highest BCUT2D eigenvalue weighted by Gasteiger charge is 2.51. The van der Waals surface area contributed by atoms with Gasteiger partial charge in [0.05, 0.1) is 17.2 Å². The van der Waals surface area contributed by atoms with Gasteiger partial charge in [-0.3, -0.25) is 14.4 Å². The first kappa shape index (κ1) is 24.1. The third kappa shape index (κ3) is 4.76. The number of methoxy groups -OCH3 is 1. The summed E-state index contributed by atoms with van der Waals surface area (Å²) in [7, 11) is 1.30. The number of anilines is 1. The number of halogens is 2. The Bertz CT molecular complexity index is 1030. The summed E-state index contributed by atoms with van der Waals surface area (Å²) in [5.41, 5.74) is 0.290. The number of fused-ring (bicyclic) bond motifs is 1. The second-order valence-electron chi connectivity index (χ2n) is 7.75. The Balaban J connectivity index is 2.02. The number of nitrogens with zero attached hydrogens (tertiary/aromatic N) is 1. The molecule has 8 heteroatoms. The average Bonchev–Trinajstić information content (AvgIpc) is 3.02. The zero-order chi connectivity index (χ0) is 23.3. The Morgan fingerprint density at radius 2 is 1.84 bits per heavy atom. The highest BCUT2D eigenvalue weighted by atomic mass is 35.5. The van der Waals surface area contributed by atoms with Gasteiger partial charge in [-0.2, -0.15) is 0 Å². The van der Waals surface area contributed by atoms with E-state index in [0.29, 0.717) is 17.1 Å². The van der Waals surface area contributed by atoms with Crippen molar-refractivity contribution in [3.05, 3.63) is 63.6 Å². The lowest BCUT2D eigenvalue weighted by molar-refractivity contribution is -0.141. The van der Waals surface area contributed by atoms with E-state index < -0.39 is 17.4 Å². The number of hydrogen-bond donors (Lipinski definition) is 1. The van der Waals surface area contributed by atoms with Gasteiger partial charge in [0, 0.05) is 29.8 Å². The average molecular weight is 477 g/mol. The number of carbonyl (C=O) groups excluding carboxylic acids is 3. The number of rotatable bonds is 9. The maximum atomic E-state index is 13.8. The van der Waals surface area contributed by atoms with Crippen LogP contribution in [0.1, 0.15) is 54.9 Å². The van der Waals surface area contributed by atoms with Crippen LogP contribution in [0, 0.1) is 0 Å². The zero-order valence-corrected chi connectivity index (χ0v) is 19.6. The number of benzene rings is 2. The Kier molecular flexibility index (Phi) is 7.80. The van der Waals surface area contributed by atoms with Crippen LogP contribution in [-0.4, -0.2) is 31.4 Å². The van der Waals surface area contributed by atoms with E-state index in [2.05, 4.69) is 12.2 Å². The predicted molar refractivity (Wildman–Crippen MR) is 125 cm³/mol. The highest BCUT2D eigenvalue weighted by Crippen LogP contribution is 2.43. The molecular weight excluding hydrogens is 451 g/mol. The molecule has 0 saturated carbocycles. The first-order valence-electron chi connectivity index (χ1n) is 10.6. The molecule has 2 amide bonds. The van der Waals surface area contributed by atoms with Crippen molar-refractivity contribution in [3.63, 3.8) is 0 Å². The van der Waals surface area contributed by atoms with Gasteiger partial charge in [0.2, 0.25) is 0 Å². The molecule has 1 aliphatic heterocycles. The third-order valence-electron chi connectivity index (χ3n) is 5.69. The summed E-state index contributed by atoms with van der Waals surface area (Å²) in [6.07, 6.45) is 2.89. The monoisotopic (exact) mass is 476 g/mol. The third-order valence-corrected chi connectivity index (χ3v) is 6.43. The molecule has 0 radical (unpaired) electrons. The van der Waals surface area contributed by atoms with Gasteiger partial charge in [0.15, 0.2) is 0 Å². The summed E-state index contributed by atoms with van der Waals surface area (Å²) in [4.78, 5) is 40.7. The van der Waals surface area contributed by atoms with E-state index in [1.807, 2.05) is 24.3 Å². The molecule has 1 heterocycles. The van der Waals surface area contributed by atoms with Crippen LogP contribution in [0.5, 0.6) is 0 Å². The van der Waals surface area contributed by atoms with E-state index in [-0.39, 0.29) is 29.3 Å². The summed E-state index contributed by atoms with van der Waals surface area (Å²) in [6, 6.07) is 11.9. The molecule has 3 rings (SSSR count). The lowest BCUT2D eigenvalue weighted by atomic mass is 9.86. The number of amides is 2. The predicted octanol–water partition coefficient (Wildman–Crippen LogP) is 5.11. The van der Waals surface area contributed by atoms with Gasteiger partial charge in [0.25, 0.3) is 11.8 Å².